The van der Waals surface area contributed by atoms with Gasteiger partial charge in [0.15, 0.2) is 0 Å². The number of benzene rings is 1. The van der Waals surface area contributed by atoms with E-state index in [4.69, 9.17) is 21.1 Å². The molecule has 7 nitrogen and oxygen atoms in total. The number of pyridine rings is 1. The van der Waals surface area contributed by atoms with Gasteiger partial charge in [-0.05, 0) is 44.2 Å². The molecule has 30 heavy (non-hydrogen) atoms. The predicted molar refractivity (Wildman–Crippen MR) is 112 cm³/mol. The zero-order chi connectivity index (χ0) is 21.8. The van der Waals surface area contributed by atoms with Gasteiger partial charge in [-0.2, -0.15) is 0 Å². The largest absolute Gasteiger partial charge is 0.507 e. The Kier molecular flexibility index (Phi) is 6.74. The van der Waals surface area contributed by atoms with Gasteiger partial charge in [0.25, 0.3) is 11.7 Å². The van der Waals surface area contributed by atoms with E-state index in [9.17, 15) is 14.7 Å². The summed E-state index contributed by atoms with van der Waals surface area (Å²) in [5.41, 5.74) is 0.620. The fourth-order valence-corrected chi connectivity index (χ4v) is 3.53. The van der Waals surface area contributed by atoms with E-state index in [2.05, 4.69) is 4.98 Å². The van der Waals surface area contributed by atoms with E-state index in [1.165, 1.54) is 18.1 Å². The molecule has 1 amide bonds. The highest BCUT2D eigenvalue weighted by Gasteiger charge is 2.46. The normalized spacial score (nSPS) is 18.3. The molecule has 1 fully saturated rings. The first-order valence-corrected chi connectivity index (χ1v) is 9.87. The topological polar surface area (TPSA) is 89.0 Å². The van der Waals surface area contributed by atoms with Gasteiger partial charge >= 0.3 is 0 Å². The number of amides is 1. The molecule has 0 radical (unpaired) electrons. The van der Waals surface area contributed by atoms with Gasteiger partial charge in [0, 0.05) is 17.8 Å². The second-order valence-electron chi connectivity index (χ2n) is 7.01. The molecule has 1 aromatic heterocycles. The van der Waals surface area contributed by atoms with Gasteiger partial charge in [-0.1, -0.05) is 17.7 Å². The Bertz CT molecular complexity index is 975. The van der Waals surface area contributed by atoms with Crippen LogP contribution in [0.3, 0.4) is 0 Å². The van der Waals surface area contributed by atoms with Crippen molar-refractivity contribution in [3.05, 3.63) is 64.4 Å². The van der Waals surface area contributed by atoms with Crippen LogP contribution in [0.4, 0.5) is 0 Å². The average molecular weight is 431 g/mol. The lowest BCUT2D eigenvalue weighted by molar-refractivity contribution is -0.140. The third-order valence-corrected chi connectivity index (χ3v) is 4.94. The third kappa shape index (κ3) is 4.32. The molecule has 1 aliphatic rings. The maximum Gasteiger partial charge on any atom is 0.295 e. The Hall–Kier alpha value is -2.90. The number of aliphatic hydroxyl groups excluding tert-OH is 1. The Morgan fingerprint density at radius 1 is 1.27 bits per heavy atom. The average Bonchev–Trinajstić information content (AvgIpc) is 2.98. The summed E-state index contributed by atoms with van der Waals surface area (Å²) in [5, 5.41) is 11.4. The lowest BCUT2D eigenvalue weighted by Gasteiger charge is -2.25. The minimum atomic E-state index is -0.856. The molecule has 1 unspecified atom stereocenters. The van der Waals surface area contributed by atoms with Crippen molar-refractivity contribution in [2.45, 2.75) is 26.0 Å². The SMILES string of the molecule is COc1ccc(Cl)cc1/C(O)=C1\C(=O)C(=O)N(CCOC(C)C)C1c1ccccn1. The number of Topliss-reactive ketones (excluding diaryl/α,β-unsaturated/α-hetero) is 1. The summed E-state index contributed by atoms with van der Waals surface area (Å²) in [7, 11) is 1.44. The van der Waals surface area contributed by atoms with Crippen LogP contribution in [0, 0.1) is 0 Å². The molecule has 1 saturated heterocycles. The molecule has 8 heteroatoms. The molecule has 1 aromatic carbocycles. The van der Waals surface area contributed by atoms with Crippen LogP contribution in [-0.4, -0.2) is 53.0 Å². The smallest absolute Gasteiger partial charge is 0.295 e. The number of aromatic nitrogens is 1. The highest BCUT2D eigenvalue weighted by Crippen LogP contribution is 2.40. The Morgan fingerprint density at radius 2 is 2.03 bits per heavy atom. The van der Waals surface area contributed by atoms with Crippen molar-refractivity contribution < 1.29 is 24.2 Å². The van der Waals surface area contributed by atoms with Crippen molar-refractivity contribution in [2.75, 3.05) is 20.3 Å². The monoisotopic (exact) mass is 430 g/mol. The van der Waals surface area contributed by atoms with Gasteiger partial charge in [-0.15, -0.1) is 0 Å². The summed E-state index contributed by atoms with van der Waals surface area (Å²) < 4.78 is 10.9. The maximum atomic E-state index is 12.9. The van der Waals surface area contributed by atoms with Gasteiger partial charge in [-0.3, -0.25) is 14.6 Å². The summed E-state index contributed by atoms with van der Waals surface area (Å²) in [4.78, 5) is 31.5. The molecular formula is C22H23ClN2O5. The molecule has 0 bridgehead atoms. The number of ketones is 1. The van der Waals surface area contributed by atoms with E-state index < -0.39 is 17.7 Å². The number of ether oxygens (including phenoxy) is 2. The Morgan fingerprint density at radius 3 is 2.67 bits per heavy atom. The Labute approximate surface area is 179 Å². The van der Waals surface area contributed by atoms with E-state index in [0.29, 0.717) is 16.5 Å². The highest BCUT2D eigenvalue weighted by molar-refractivity contribution is 6.46. The van der Waals surface area contributed by atoms with Gasteiger partial charge in [0.05, 0.1) is 36.7 Å². The van der Waals surface area contributed by atoms with Crippen LogP contribution in [0.5, 0.6) is 5.75 Å². The van der Waals surface area contributed by atoms with E-state index in [-0.39, 0.29) is 36.2 Å². The maximum absolute atomic E-state index is 12.9. The molecule has 1 aliphatic heterocycles. The van der Waals surface area contributed by atoms with Crippen LogP contribution in [0.2, 0.25) is 5.02 Å². The lowest BCUT2D eigenvalue weighted by Crippen LogP contribution is -2.33. The van der Waals surface area contributed by atoms with Gasteiger partial charge in [-0.25, -0.2) is 0 Å². The molecule has 0 spiro atoms. The number of halogens is 1. The summed E-state index contributed by atoms with van der Waals surface area (Å²) in [6.07, 6.45) is 1.55. The van der Waals surface area contributed by atoms with Crippen molar-refractivity contribution in [3.8, 4) is 5.75 Å². The van der Waals surface area contributed by atoms with Gasteiger partial charge in [0.2, 0.25) is 0 Å². The number of hydrogen-bond acceptors (Lipinski definition) is 6. The molecule has 1 atom stereocenters. The summed E-state index contributed by atoms with van der Waals surface area (Å²) in [5.74, 6) is -1.56. The van der Waals surface area contributed by atoms with Crippen molar-refractivity contribution >= 4 is 29.1 Å². The first kappa shape index (κ1) is 21.8. The van der Waals surface area contributed by atoms with Crippen LogP contribution < -0.4 is 4.74 Å². The molecular weight excluding hydrogens is 408 g/mol. The molecule has 2 aromatic rings. The van der Waals surface area contributed by atoms with Crippen molar-refractivity contribution in [1.82, 2.24) is 9.88 Å². The van der Waals surface area contributed by atoms with Crippen LogP contribution in [0.1, 0.15) is 31.1 Å². The molecule has 0 aliphatic carbocycles. The summed E-state index contributed by atoms with van der Waals surface area (Å²) >= 11 is 6.09. The lowest BCUT2D eigenvalue weighted by atomic mass is 9.98. The van der Waals surface area contributed by atoms with E-state index in [0.717, 1.165) is 0 Å². The van der Waals surface area contributed by atoms with Crippen LogP contribution in [0.25, 0.3) is 5.76 Å². The van der Waals surface area contributed by atoms with E-state index in [1.54, 1.807) is 36.5 Å². The molecule has 2 heterocycles. The number of likely N-dealkylation sites (tertiary alicyclic amines) is 1. The zero-order valence-corrected chi connectivity index (χ0v) is 17.7. The fraction of sp³-hybridized carbons (Fsp3) is 0.318. The fourth-order valence-electron chi connectivity index (χ4n) is 3.35. The minimum absolute atomic E-state index is 0.0224. The van der Waals surface area contributed by atoms with Crippen LogP contribution >= 0.6 is 11.6 Å². The van der Waals surface area contributed by atoms with Crippen LogP contribution in [-0.2, 0) is 14.3 Å². The molecule has 158 valence electrons. The second-order valence-corrected chi connectivity index (χ2v) is 7.45. The van der Waals surface area contributed by atoms with Crippen molar-refractivity contribution in [1.29, 1.82) is 0 Å². The van der Waals surface area contributed by atoms with Crippen molar-refractivity contribution in [2.24, 2.45) is 0 Å². The highest BCUT2D eigenvalue weighted by atomic mass is 35.5. The minimum Gasteiger partial charge on any atom is -0.507 e. The van der Waals surface area contributed by atoms with E-state index in [1.807, 2.05) is 13.8 Å². The van der Waals surface area contributed by atoms with Crippen LogP contribution in [0.15, 0.2) is 48.2 Å². The number of rotatable bonds is 7. The Balaban J connectivity index is 2.13. The summed E-state index contributed by atoms with van der Waals surface area (Å²) in [6.45, 7) is 4.19. The van der Waals surface area contributed by atoms with Gasteiger partial charge in [0.1, 0.15) is 17.6 Å². The summed E-state index contributed by atoms with van der Waals surface area (Å²) in [6, 6.07) is 9.01. The number of carbonyl (C=O) groups excluding carboxylic acids is 2. The zero-order valence-electron chi connectivity index (χ0n) is 17.0. The standard InChI is InChI=1S/C22H23ClN2O5/c1-13(2)30-11-10-25-19(16-6-4-5-9-24-16)18(21(27)22(25)28)20(26)15-12-14(23)7-8-17(15)29-3/h4-9,12-13,19,26H,10-11H2,1-3H3/b20-18+. The first-order chi connectivity index (χ1) is 14.3. The van der Waals surface area contributed by atoms with Gasteiger partial charge < -0.3 is 19.5 Å². The number of hydrogen-bond donors (Lipinski definition) is 1. The van der Waals surface area contributed by atoms with E-state index >= 15 is 0 Å². The number of nitrogens with zero attached hydrogens (tertiary/aromatic N) is 2. The molecule has 0 saturated carbocycles. The molecule has 1 N–H and O–H groups in total. The third-order valence-electron chi connectivity index (χ3n) is 4.71. The number of carbonyl (C=O) groups is 2. The second kappa shape index (κ2) is 9.28. The number of aliphatic hydroxyl groups is 1. The molecule has 3 rings (SSSR count). The first-order valence-electron chi connectivity index (χ1n) is 9.50. The quantitative estimate of drug-likeness (QED) is 0.410. The number of methoxy groups -OCH3 is 1. The predicted octanol–water partition coefficient (Wildman–Crippen LogP) is 3.59. The van der Waals surface area contributed by atoms with Crippen molar-refractivity contribution in [3.63, 3.8) is 0 Å².